The predicted octanol–water partition coefficient (Wildman–Crippen LogP) is 3.42. The van der Waals surface area contributed by atoms with Gasteiger partial charge in [0, 0.05) is 11.6 Å². The van der Waals surface area contributed by atoms with Crippen molar-refractivity contribution in [2.24, 2.45) is 0 Å². The lowest BCUT2D eigenvalue weighted by Crippen LogP contribution is -2.22. The van der Waals surface area contributed by atoms with Gasteiger partial charge in [-0.1, -0.05) is 18.2 Å². The van der Waals surface area contributed by atoms with Crippen molar-refractivity contribution in [3.05, 3.63) is 40.9 Å². The summed E-state index contributed by atoms with van der Waals surface area (Å²) in [6.45, 7) is 8.60. The normalized spacial score (nSPS) is 10.1. The monoisotopic (exact) mass is 281 g/mol. The fourth-order valence-electron chi connectivity index (χ4n) is 1.69. The molecule has 0 unspecified atom stereocenters. The Labute approximate surface area is 119 Å². The van der Waals surface area contributed by atoms with Crippen molar-refractivity contribution < 1.29 is 9.53 Å². The van der Waals surface area contributed by atoms with Crippen LogP contribution in [0.2, 0.25) is 5.02 Å². The van der Waals surface area contributed by atoms with E-state index in [0.29, 0.717) is 13.2 Å². The summed E-state index contributed by atoms with van der Waals surface area (Å²) in [6, 6.07) is 3.88. The van der Waals surface area contributed by atoms with Gasteiger partial charge < -0.3 is 10.1 Å². The zero-order chi connectivity index (χ0) is 14.3. The molecule has 0 saturated heterocycles. The standard InChI is InChI=1S/C15H20ClNO2/c1-4-14(18)17-7-5-6-8-19-13-9-11(2)15(16)12(3)10-13/h4,9-10H,1,5-8H2,2-3H3,(H,17,18). The molecule has 3 nitrogen and oxygen atoms in total. The molecular formula is C15H20ClNO2. The highest BCUT2D eigenvalue weighted by molar-refractivity contribution is 6.32. The lowest BCUT2D eigenvalue weighted by Gasteiger charge is -2.10. The van der Waals surface area contributed by atoms with Crippen molar-refractivity contribution in [1.82, 2.24) is 5.32 Å². The molecule has 0 atom stereocenters. The molecule has 1 aromatic carbocycles. The zero-order valence-corrected chi connectivity index (χ0v) is 12.2. The number of amides is 1. The topological polar surface area (TPSA) is 38.3 Å². The van der Waals surface area contributed by atoms with Crippen LogP contribution in [0.1, 0.15) is 24.0 Å². The highest BCUT2D eigenvalue weighted by Crippen LogP contribution is 2.25. The molecule has 1 amide bonds. The molecule has 0 saturated carbocycles. The van der Waals surface area contributed by atoms with Crippen LogP contribution in [0.3, 0.4) is 0 Å². The first-order valence-electron chi connectivity index (χ1n) is 6.34. The van der Waals surface area contributed by atoms with E-state index >= 15 is 0 Å². The van der Waals surface area contributed by atoms with Crippen molar-refractivity contribution in [2.75, 3.05) is 13.2 Å². The lowest BCUT2D eigenvalue weighted by atomic mass is 10.1. The minimum absolute atomic E-state index is 0.134. The van der Waals surface area contributed by atoms with Gasteiger partial charge in [0.05, 0.1) is 6.61 Å². The van der Waals surface area contributed by atoms with Crippen LogP contribution in [0.15, 0.2) is 24.8 Å². The SMILES string of the molecule is C=CC(=O)NCCCCOc1cc(C)c(Cl)c(C)c1. The quantitative estimate of drug-likeness (QED) is 0.614. The first kappa shape index (κ1) is 15.6. The molecule has 1 N–H and O–H groups in total. The van der Waals surface area contributed by atoms with Gasteiger partial charge in [0.1, 0.15) is 5.75 Å². The Hall–Kier alpha value is -1.48. The van der Waals surface area contributed by atoms with Crippen LogP contribution < -0.4 is 10.1 Å². The Morgan fingerprint density at radius 1 is 1.37 bits per heavy atom. The third-order valence-electron chi connectivity index (χ3n) is 2.73. The predicted molar refractivity (Wildman–Crippen MR) is 78.9 cm³/mol. The summed E-state index contributed by atoms with van der Waals surface area (Å²) < 4.78 is 5.66. The number of carbonyl (C=O) groups excluding carboxylic acids is 1. The molecular weight excluding hydrogens is 262 g/mol. The molecule has 1 aromatic rings. The van der Waals surface area contributed by atoms with Crippen molar-refractivity contribution in [3.63, 3.8) is 0 Å². The van der Waals surface area contributed by atoms with Crippen molar-refractivity contribution >= 4 is 17.5 Å². The van der Waals surface area contributed by atoms with E-state index < -0.39 is 0 Å². The van der Waals surface area contributed by atoms with Crippen molar-refractivity contribution in [1.29, 1.82) is 0 Å². The van der Waals surface area contributed by atoms with Gasteiger partial charge in [0.25, 0.3) is 0 Å². The van der Waals surface area contributed by atoms with Crippen LogP contribution in [-0.4, -0.2) is 19.1 Å². The van der Waals surface area contributed by atoms with Crippen LogP contribution in [0.4, 0.5) is 0 Å². The summed E-state index contributed by atoms with van der Waals surface area (Å²) in [4.78, 5) is 10.9. The minimum Gasteiger partial charge on any atom is -0.494 e. The van der Waals surface area contributed by atoms with E-state index in [9.17, 15) is 4.79 Å². The summed E-state index contributed by atoms with van der Waals surface area (Å²) in [7, 11) is 0. The van der Waals surface area contributed by atoms with Gasteiger partial charge in [-0.3, -0.25) is 4.79 Å². The Kier molecular flexibility index (Phi) is 6.43. The maximum absolute atomic E-state index is 10.9. The molecule has 1 rings (SSSR count). The second-order valence-corrected chi connectivity index (χ2v) is 4.80. The van der Waals surface area contributed by atoms with Gasteiger partial charge in [0.15, 0.2) is 0 Å². The summed E-state index contributed by atoms with van der Waals surface area (Å²) in [6.07, 6.45) is 3.04. The van der Waals surface area contributed by atoms with Crippen LogP contribution in [-0.2, 0) is 4.79 Å². The highest BCUT2D eigenvalue weighted by Gasteiger charge is 2.03. The first-order valence-corrected chi connectivity index (χ1v) is 6.72. The number of halogens is 1. The van der Waals surface area contributed by atoms with Crippen LogP contribution in [0.5, 0.6) is 5.75 Å². The van der Waals surface area contributed by atoms with Crippen LogP contribution in [0.25, 0.3) is 0 Å². The smallest absolute Gasteiger partial charge is 0.243 e. The van der Waals surface area contributed by atoms with E-state index in [0.717, 1.165) is 34.7 Å². The maximum atomic E-state index is 10.9. The van der Waals surface area contributed by atoms with E-state index in [-0.39, 0.29) is 5.91 Å². The zero-order valence-electron chi connectivity index (χ0n) is 11.5. The fourth-order valence-corrected chi connectivity index (χ4v) is 1.80. The number of nitrogens with one attached hydrogen (secondary N) is 1. The molecule has 0 heterocycles. The fraction of sp³-hybridized carbons (Fsp3) is 0.400. The van der Waals surface area contributed by atoms with Crippen LogP contribution >= 0.6 is 11.6 Å². The van der Waals surface area contributed by atoms with Gasteiger partial charge >= 0.3 is 0 Å². The van der Waals surface area contributed by atoms with Gasteiger partial charge in [-0.05, 0) is 56.0 Å². The molecule has 0 aliphatic heterocycles. The number of benzene rings is 1. The minimum atomic E-state index is -0.134. The molecule has 0 aliphatic rings. The number of hydrogen-bond acceptors (Lipinski definition) is 2. The number of hydrogen-bond donors (Lipinski definition) is 1. The molecule has 0 bridgehead atoms. The van der Waals surface area contributed by atoms with Gasteiger partial charge in [-0.25, -0.2) is 0 Å². The number of unbranched alkanes of at least 4 members (excludes halogenated alkanes) is 1. The summed E-state index contributed by atoms with van der Waals surface area (Å²) in [5, 5.41) is 3.52. The summed E-state index contributed by atoms with van der Waals surface area (Å²) >= 11 is 6.09. The third-order valence-corrected chi connectivity index (χ3v) is 3.33. The number of aryl methyl sites for hydroxylation is 2. The average Bonchev–Trinajstić information content (AvgIpc) is 2.39. The Morgan fingerprint density at radius 3 is 2.58 bits per heavy atom. The number of carbonyl (C=O) groups is 1. The molecule has 0 fully saturated rings. The third kappa shape index (κ3) is 5.35. The second kappa shape index (κ2) is 7.85. The average molecular weight is 282 g/mol. The highest BCUT2D eigenvalue weighted by atomic mass is 35.5. The van der Waals surface area contributed by atoms with Gasteiger partial charge in [-0.2, -0.15) is 0 Å². The molecule has 0 aromatic heterocycles. The molecule has 0 aliphatic carbocycles. The summed E-state index contributed by atoms with van der Waals surface area (Å²) in [5.74, 6) is 0.708. The molecule has 19 heavy (non-hydrogen) atoms. The lowest BCUT2D eigenvalue weighted by molar-refractivity contribution is -0.116. The first-order chi connectivity index (χ1) is 9.04. The molecule has 104 valence electrons. The van der Waals surface area contributed by atoms with E-state index in [1.54, 1.807) is 0 Å². The number of rotatable bonds is 7. The largest absolute Gasteiger partial charge is 0.494 e. The van der Waals surface area contributed by atoms with Gasteiger partial charge in [-0.15, -0.1) is 0 Å². The number of ether oxygens (including phenoxy) is 1. The second-order valence-electron chi connectivity index (χ2n) is 4.42. The van der Waals surface area contributed by atoms with E-state index in [1.807, 2.05) is 26.0 Å². The van der Waals surface area contributed by atoms with Crippen molar-refractivity contribution in [3.8, 4) is 5.75 Å². The van der Waals surface area contributed by atoms with E-state index in [1.165, 1.54) is 6.08 Å². The van der Waals surface area contributed by atoms with E-state index in [4.69, 9.17) is 16.3 Å². The van der Waals surface area contributed by atoms with E-state index in [2.05, 4.69) is 11.9 Å². The maximum Gasteiger partial charge on any atom is 0.243 e. The Bertz CT molecular complexity index is 434. The Balaban J connectivity index is 2.26. The van der Waals surface area contributed by atoms with Crippen LogP contribution in [0, 0.1) is 13.8 Å². The van der Waals surface area contributed by atoms with Gasteiger partial charge in [0.2, 0.25) is 5.91 Å². The summed E-state index contributed by atoms with van der Waals surface area (Å²) in [5.41, 5.74) is 2.05. The molecule has 4 heteroatoms. The Morgan fingerprint density at radius 2 is 2.00 bits per heavy atom. The van der Waals surface area contributed by atoms with Crippen molar-refractivity contribution in [2.45, 2.75) is 26.7 Å². The molecule has 0 radical (unpaired) electrons. The molecule has 0 spiro atoms.